The molecule has 6 heteroatoms. The minimum Gasteiger partial charge on any atom is -0.348 e. The third-order valence-corrected chi connectivity index (χ3v) is 3.35. The van der Waals surface area contributed by atoms with E-state index < -0.39 is 0 Å². The molecular formula is C9H14N4OS. The fourth-order valence-corrected chi connectivity index (χ4v) is 2.40. The smallest absolute Gasteiger partial charge is 0.238 e. The Kier molecular flexibility index (Phi) is 3.27. The zero-order chi connectivity index (χ0) is 10.7. The maximum Gasteiger partial charge on any atom is 0.238 e. The van der Waals surface area contributed by atoms with E-state index in [9.17, 15) is 4.79 Å². The molecule has 0 spiro atoms. The maximum atomic E-state index is 11.7. The molecule has 1 amide bonds. The standard InChI is InChI=1S/C9H14N4OS/c1-6(7-2-11-12-3-7)13-9(14)8-4-15-5-10-8/h2-3,6,8,10H,4-5H2,1H3,(H,11,12)(H,13,14). The van der Waals surface area contributed by atoms with Crippen molar-refractivity contribution in [2.45, 2.75) is 19.0 Å². The van der Waals surface area contributed by atoms with Crippen molar-refractivity contribution in [1.29, 1.82) is 0 Å². The van der Waals surface area contributed by atoms with Crippen LogP contribution in [0, 0.1) is 0 Å². The molecule has 2 heterocycles. The largest absolute Gasteiger partial charge is 0.348 e. The van der Waals surface area contributed by atoms with Gasteiger partial charge in [0, 0.05) is 23.4 Å². The van der Waals surface area contributed by atoms with Crippen LogP contribution in [0.15, 0.2) is 12.4 Å². The van der Waals surface area contributed by atoms with Crippen LogP contribution >= 0.6 is 11.8 Å². The Morgan fingerprint density at radius 1 is 1.80 bits per heavy atom. The summed E-state index contributed by atoms with van der Waals surface area (Å²) in [5.41, 5.74) is 0.994. The summed E-state index contributed by atoms with van der Waals surface area (Å²) in [6.45, 7) is 1.95. The molecule has 0 saturated carbocycles. The third kappa shape index (κ3) is 2.51. The molecule has 0 aliphatic carbocycles. The van der Waals surface area contributed by atoms with Crippen molar-refractivity contribution >= 4 is 17.7 Å². The van der Waals surface area contributed by atoms with Gasteiger partial charge in [0.25, 0.3) is 0 Å². The van der Waals surface area contributed by atoms with Crippen molar-refractivity contribution in [1.82, 2.24) is 20.8 Å². The van der Waals surface area contributed by atoms with Gasteiger partial charge in [-0.3, -0.25) is 15.2 Å². The van der Waals surface area contributed by atoms with E-state index in [-0.39, 0.29) is 18.0 Å². The number of aromatic amines is 1. The average molecular weight is 226 g/mol. The second-order valence-corrected chi connectivity index (χ2v) is 4.56. The first-order valence-corrected chi connectivity index (χ1v) is 6.03. The van der Waals surface area contributed by atoms with Gasteiger partial charge in [0.2, 0.25) is 5.91 Å². The lowest BCUT2D eigenvalue weighted by molar-refractivity contribution is -0.123. The quantitative estimate of drug-likeness (QED) is 0.691. The van der Waals surface area contributed by atoms with Crippen molar-refractivity contribution in [3.05, 3.63) is 18.0 Å². The molecule has 1 saturated heterocycles. The fourth-order valence-electron chi connectivity index (χ4n) is 1.46. The highest BCUT2D eigenvalue weighted by molar-refractivity contribution is 7.99. The topological polar surface area (TPSA) is 69.8 Å². The van der Waals surface area contributed by atoms with Gasteiger partial charge in [-0.15, -0.1) is 11.8 Å². The number of amides is 1. The Morgan fingerprint density at radius 3 is 3.27 bits per heavy atom. The minimum atomic E-state index is -0.0515. The van der Waals surface area contributed by atoms with E-state index in [1.165, 1.54) is 0 Å². The maximum absolute atomic E-state index is 11.7. The summed E-state index contributed by atoms with van der Waals surface area (Å²) in [6.07, 6.45) is 3.52. The first-order chi connectivity index (χ1) is 7.27. The van der Waals surface area contributed by atoms with E-state index in [0.29, 0.717) is 0 Å². The molecule has 2 rings (SSSR count). The number of nitrogens with one attached hydrogen (secondary N) is 3. The van der Waals surface area contributed by atoms with E-state index >= 15 is 0 Å². The summed E-state index contributed by atoms with van der Waals surface area (Å²) >= 11 is 1.74. The molecule has 0 aromatic carbocycles. The number of H-pyrrole nitrogens is 1. The summed E-state index contributed by atoms with van der Waals surface area (Å²) in [6, 6.07) is -0.0481. The summed E-state index contributed by atoms with van der Waals surface area (Å²) in [5, 5.41) is 12.7. The number of carbonyl (C=O) groups excluding carboxylic acids is 1. The number of aromatic nitrogens is 2. The van der Waals surface area contributed by atoms with E-state index in [4.69, 9.17) is 0 Å². The molecule has 82 valence electrons. The van der Waals surface area contributed by atoms with Gasteiger partial charge in [-0.25, -0.2) is 0 Å². The minimum absolute atomic E-state index is 0.00338. The Morgan fingerprint density at radius 2 is 2.67 bits per heavy atom. The first-order valence-electron chi connectivity index (χ1n) is 4.87. The first kappa shape index (κ1) is 10.5. The SMILES string of the molecule is CC(NC(=O)C1CSCN1)c1cn[nH]c1. The Bertz CT molecular complexity index is 321. The van der Waals surface area contributed by atoms with Gasteiger partial charge in [0.1, 0.15) is 0 Å². The number of hydrogen-bond acceptors (Lipinski definition) is 4. The summed E-state index contributed by atoms with van der Waals surface area (Å²) in [7, 11) is 0. The van der Waals surface area contributed by atoms with Crippen molar-refractivity contribution in [2.75, 3.05) is 11.6 Å². The van der Waals surface area contributed by atoms with Crippen LogP contribution in [-0.2, 0) is 4.79 Å². The Labute approximate surface area is 92.4 Å². The lowest BCUT2D eigenvalue weighted by Gasteiger charge is -2.15. The zero-order valence-electron chi connectivity index (χ0n) is 8.49. The molecule has 1 aliphatic heterocycles. The van der Waals surface area contributed by atoms with Gasteiger partial charge in [0.15, 0.2) is 0 Å². The lowest BCUT2D eigenvalue weighted by Crippen LogP contribution is -2.42. The molecule has 1 aromatic rings. The van der Waals surface area contributed by atoms with Gasteiger partial charge >= 0.3 is 0 Å². The van der Waals surface area contributed by atoms with Crippen LogP contribution < -0.4 is 10.6 Å². The highest BCUT2D eigenvalue weighted by Crippen LogP contribution is 2.13. The molecule has 15 heavy (non-hydrogen) atoms. The Hall–Kier alpha value is -1.01. The van der Waals surface area contributed by atoms with Crippen LogP contribution in [0.2, 0.25) is 0 Å². The van der Waals surface area contributed by atoms with Gasteiger partial charge in [-0.2, -0.15) is 5.10 Å². The Balaban J connectivity index is 1.88. The van der Waals surface area contributed by atoms with Gasteiger partial charge in [0.05, 0.1) is 18.3 Å². The summed E-state index contributed by atoms with van der Waals surface area (Å²) < 4.78 is 0. The van der Waals surface area contributed by atoms with Crippen LogP contribution in [0.25, 0.3) is 0 Å². The number of nitrogens with zero attached hydrogens (tertiary/aromatic N) is 1. The van der Waals surface area contributed by atoms with Gasteiger partial charge in [-0.05, 0) is 6.92 Å². The second-order valence-electron chi connectivity index (χ2n) is 3.53. The highest BCUT2D eigenvalue weighted by atomic mass is 32.2. The normalized spacial score (nSPS) is 22.6. The van der Waals surface area contributed by atoms with Crippen molar-refractivity contribution in [3.8, 4) is 0 Å². The van der Waals surface area contributed by atoms with Crippen LogP contribution in [-0.4, -0.2) is 33.8 Å². The molecule has 3 N–H and O–H groups in total. The van der Waals surface area contributed by atoms with E-state index in [2.05, 4.69) is 20.8 Å². The predicted octanol–water partition coefficient (Wildman–Crippen LogP) is 0.249. The van der Waals surface area contributed by atoms with E-state index in [1.807, 2.05) is 6.92 Å². The van der Waals surface area contributed by atoms with Crippen molar-refractivity contribution in [3.63, 3.8) is 0 Å². The van der Waals surface area contributed by atoms with Gasteiger partial charge < -0.3 is 5.32 Å². The van der Waals surface area contributed by atoms with E-state index in [1.54, 1.807) is 24.2 Å². The number of carbonyl (C=O) groups is 1. The van der Waals surface area contributed by atoms with Crippen LogP contribution in [0.3, 0.4) is 0 Å². The van der Waals surface area contributed by atoms with Gasteiger partial charge in [-0.1, -0.05) is 0 Å². The molecule has 1 aromatic heterocycles. The molecule has 2 atom stereocenters. The molecule has 2 unspecified atom stereocenters. The second kappa shape index (κ2) is 4.67. The number of hydrogen-bond donors (Lipinski definition) is 3. The van der Waals surface area contributed by atoms with Crippen LogP contribution in [0.4, 0.5) is 0 Å². The molecule has 5 nitrogen and oxygen atoms in total. The number of rotatable bonds is 3. The third-order valence-electron chi connectivity index (χ3n) is 2.41. The lowest BCUT2D eigenvalue weighted by atomic mass is 10.2. The molecule has 1 fully saturated rings. The highest BCUT2D eigenvalue weighted by Gasteiger charge is 2.23. The summed E-state index contributed by atoms with van der Waals surface area (Å²) in [4.78, 5) is 11.7. The predicted molar refractivity (Wildman–Crippen MR) is 59.4 cm³/mol. The average Bonchev–Trinajstić information content (AvgIpc) is 2.91. The number of thioether (sulfide) groups is 1. The van der Waals surface area contributed by atoms with Crippen LogP contribution in [0.1, 0.15) is 18.5 Å². The summed E-state index contributed by atoms with van der Waals surface area (Å²) in [5.74, 6) is 1.77. The monoisotopic (exact) mass is 226 g/mol. The van der Waals surface area contributed by atoms with Crippen molar-refractivity contribution < 1.29 is 4.79 Å². The molecule has 1 aliphatic rings. The van der Waals surface area contributed by atoms with Crippen LogP contribution in [0.5, 0.6) is 0 Å². The molecule has 0 bridgehead atoms. The molecular weight excluding hydrogens is 212 g/mol. The van der Waals surface area contributed by atoms with Crippen molar-refractivity contribution in [2.24, 2.45) is 0 Å². The zero-order valence-corrected chi connectivity index (χ0v) is 9.30. The van der Waals surface area contributed by atoms with E-state index in [0.717, 1.165) is 17.2 Å². The fraction of sp³-hybridized carbons (Fsp3) is 0.556. The molecule has 0 radical (unpaired) electrons.